The molecule has 0 heterocycles. The highest BCUT2D eigenvalue weighted by atomic mass is 16.5. The van der Waals surface area contributed by atoms with Crippen molar-refractivity contribution in [2.45, 2.75) is 19.3 Å². The van der Waals surface area contributed by atoms with Gasteiger partial charge in [0.2, 0.25) is 0 Å². The van der Waals surface area contributed by atoms with Crippen LogP contribution in [-0.2, 0) is 5.41 Å². The van der Waals surface area contributed by atoms with Gasteiger partial charge in [-0.25, -0.2) is 0 Å². The predicted octanol–water partition coefficient (Wildman–Crippen LogP) is 4.23. The van der Waals surface area contributed by atoms with Crippen LogP contribution in [-0.4, -0.2) is 12.9 Å². The van der Waals surface area contributed by atoms with E-state index in [9.17, 15) is 4.79 Å². The SMILES string of the molecule is COc1ccc2c(c1)C(=O)[C@@H]1C(C)=Cc3ccccc3[C@]21C. The molecule has 0 unspecified atom stereocenters. The average molecular weight is 290 g/mol. The Labute approximate surface area is 130 Å². The van der Waals surface area contributed by atoms with Gasteiger partial charge in [0, 0.05) is 11.0 Å². The second-order valence-electron chi connectivity index (χ2n) is 6.39. The van der Waals surface area contributed by atoms with E-state index in [0.717, 1.165) is 22.4 Å². The molecule has 0 saturated carbocycles. The number of methoxy groups -OCH3 is 1. The van der Waals surface area contributed by atoms with Crippen LogP contribution >= 0.6 is 0 Å². The molecule has 0 N–H and O–H groups in total. The zero-order valence-electron chi connectivity index (χ0n) is 13.0. The summed E-state index contributed by atoms with van der Waals surface area (Å²) >= 11 is 0. The number of carbonyl (C=O) groups excluding carboxylic acids is 1. The Morgan fingerprint density at radius 2 is 1.86 bits per heavy atom. The van der Waals surface area contributed by atoms with Crippen molar-refractivity contribution in [3.05, 3.63) is 70.3 Å². The minimum Gasteiger partial charge on any atom is -0.497 e. The number of Topliss-reactive ketones (excluding diaryl/α,β-unsaturated/α-hetero) is 1. The van der Waals surface area contributed by atoms with Crippen molar-refractivity contribution in [3.8, 4) is 5.75 Å². The zero-order chi connectivity index (χ0) is 15.5. The van der Waals surface area contributed by atoms with Gasteiger partial charge in [0.1, 0.15) is 5.75 Å². The average Bonchev–Trinajstić information content (AvgIpc) is 2.76. The number of allylic oxidation sites excluding steroid dienone is 1. The number of hydrogen-bond acceptors (Lipinski definition) is 2. The Hall–Kier alpha value is -2.35. The highest BCUT2D eigenvalue weighted by Gasteiger charge is 2.52. The van der Waals surface area contributed by atoms with Crippen LogP contribution in [0, 0.1) is 5.92 Å². The standard InChI is InChI=1S/C20H18O2/c1-12-10-13-6-4-5-7-16(13)20(2)17-9-8-14(22-3)11-15(17)19(21)18(12)20/h4-11,18H,1-3H3/t18-,20+/m0/s1. The molecule has 22 heavy (non-hydrogen) atoms. The third-order valence-corrected chi connectivity index (χ3v) is 5.25. The molecule has 0 aliphatic heterocycles. The maximum absolute atomic E-state index is 13.0. The Kier molecular flexibility index (Phi) is 2.62. The highest BCUT2D eigenvalue weighted by Crippen LogP contribution is 2.54. The summed E-state index contributed by atoms with van der Waals surface area (Å²) in [7, 11) is 1.64. The van der Waals surface area contributed by atoms with E-state index < -0.39 is 0 Å². The topological polar surface area (TPSA) is 26.3 Å². The van der Waals surface area contributed by atoms with Crippen LogP contribution < -0.4 is 4.74 Å². The second-order valence-corrected chi connectivity index (χ2v) is 6.39. The molecule has 0 radical (unpaired) electrons. The molecule has 0 bridgehead atoms. The minimum atomic E-state index is -0.284. The summed E-state index contributed by atoms with van der Waals surface area (Å²) < 4.78 is 5.30. The van der Waals surface area contributed by atoms with E-state index in [-0.39, 0.29) is 17.1 Å². The molecule has 2 aliphatic carbocycles. The van der Waals surface area contributed by atoms with Gasteiger partial charge in [0.25, 0.3) is 0 Å². The molecule has 2 atom stereocenters. The number of benzene rings is 2. The summed E-state index contributed by atoms with van der Waals surface area (Å²) in [6, 6.07) is 14.3. The Morgan fingerprint density at radius 1 is 1.09 bits per heavy atom. The first-order chi connectivity index (χ1) is 10.6. The fraction of sp³-hybridized carbons (Fsp3) is 0.250. The highest BCUT2D eigenvalue weighted by molar-refractivity contribution is 6.08. The lowest BCUT2D eigenvalue weighted by molar-refractivity contribution is 0.0929. The van der Waals surface area contributed by atoms with Crippen molar-refractivity contribution in [2.24, 2.45) is 5.92 Å². The van der Waals surface area contributed by atoms with E-state index in [2.05, 4.69) is 50.3 Å². The molecule has 0 saturated heterocycles. The molecular weight excluding hydrogens is 272 g/mol. The summed E-state index contributed by atoms with van der Waals surface area (Å²) in [4.78, 5) is 13.0. The third kappa shape index (κ3) is 1.47. The number of carbonyl (C=O) groups is 1. The summed E-state index contributed by atoms with van der Waals surface area (Å²) in [6.45, 7) is 4.27. The van der Waals surface area contributed by atoms with Crippen LogP contribution in [0.15, 0.2) is 48.0 Å². The first-order valence-electron chi connectivity index (χ1n) is 7.58. The zero-order valence-corrected chi connectivity index (χ0v) is 13.0. The van der Waals surface area contributed by atoms with E-state index in [4.69, 9.17) is 4.74 Å². The molecule has 2 aliphatic rings. The lowest BCUT2D eigenvalue weighted by Gasteiger charge is -2.37. The summed E-state index contributed by atoms with van der Waals surface area (Å²) in [6.07, 6.45) is 2.16. The molecular formula is C20H18O2. The van der Waals surface area contributed by atoms with Crippen LogP contribution in [0.3, 0.4) is 0 Å². The molecule has 2 heteroatoms. The van der Waals surface area contributed by atoms with E-state index in [0.29, 0.717) is 0 Å². The summed E-state index contributed by atoms with van der Waals surface area (Å²) in [5, 5.41) is 0. The van der Waals surface area contributed by atoms with Crippen molar-refractivity contribution in [1.29, 1.82) is 0 Å². The van der Waals surface area contributed by atoms with Crippen LogP contribution in [0.2, 0.25) is 0 Å². The number of ketones is 1. The van der Waals surface area contributed by atoms with Crippen LogP contribution in [0.5, 0.6) is 5.75 Å². The van der Waals surface area contributed by atoms with Gasteiger partial charge in [-0.15, -0.1) is 0 Å². The van der Waals surface area contributed by atoms with Gasteiger partial charge in [-0.05, 0) is 35.7 Å². The van der Waals surface area contributed by atoms with E-state index in [1.54, 1.807) is 7.11 Å². The molecule has 110 valence electrons. The molecule has 0 spiro atoms. The van der Waals surface area contributed by atoms with E-state index in [1.807, 2.05) is 12.1 Å². The number of ether oxygens (including phenoxy) is 1. The molecule has 2 nitrogen and oxygen atoms in total. The lowest BCUT2D eigenvalue weighted by atomic mass is 9.64. The number of rotatable bonds is 1. The van der Waals surface area contributed by atoms with Gasteiger partial charge < -0.3 is 4.74 Å². The van der Waals surface area contributed by atoms with E-state index in [1.165, 1.54) is 11.1 Å². The van der Waals surface area contributed by atoms with Gasteiger partial charge in [0.15, 0.2) is 5.78 Å². The smallest absolute Gasteiger partial charge is 0.171 e. The largest absolute Gasteiger partial charge is 0.497 e. The van der Waals surface area contributed by atoms with Gasteiger partial charge in [-0.3, -0.25) is 4.79 Å². The maximum atomic E-state index is 13.0. The molecule has 0 fully saturated rings. The number of fused-ring (bicyclic) bond motifs is 5. The molecule has 4 rings (SSSR count). The van der Waals surface area contributed by atoms with Crippen molar-refractivity contribution < 1.29 is 9.53 Å². The van der Waals surface area contributed by atoms with Gasteiger partial charge >= 0.3 is 0 Å². The fourth-order valence-electron chi connectivity index (χ4n) is 4.27. The van der Waals surface area contributed by atoms with Gasteiger partial charge in [-0.1, -0.05) is 48.9 Å². The first-order valence-corrected chi connectivity index (χ1v) is 7.58. The quantitative estimate of drug-likeness (QED) is 0.785. The Morgan fingerprint density at radius 3 is 2.64 bits per heavy atom. The second kappa shape index (κ2) is 4.33. The maximum Gasteiger partial charge on any atom is 0.171 e. The molecule has 0 aromatic heterocycles. The van der Waals surface area contributed by atoms with Crippen LogP contribution in [0.25, 0.3) is 6.08 Å². The van der Waals surface area contributed by atoms with Crippen LogP contribution in [0.4, 0.5) is 0 Å². The van der Waals surface area contributed by atoms with Gasteiger partial charge in [-0.2, -0.15) is 0 Å². The normalized spacial score (nSPS) is 25.1. The van der Waals surface area contributed by atoms with Crippen molar-refractivity contribution in [2.75, 3.05) is 7.11 Å². The lowest BCUT2D eigenvalue weighted by Crippen LogP contribution is -2.35. The molecule has 0 amide bonds. The first kappa shape index (κ1) is 13.3. The van der Waals surface area contributed by atoms with Crippen molar-refractivity contribution in [3.63, 3.8) is 0 Å². The number of hydrogen-bond donors (Lipinski definition) is 0. The van der Waals surface area contributed by atoms with Crippen LogP contribution in [0.1, 0.15) is 40.9 Å². The Bertz CT molecular complexity index is 831. The third-order valence-electron chi connectivity index (χ3n) is 5.25. The van der Waals surface area contributed by atoms with Gasteiger partial charge in [0.05, 0.1) is 13.0 Å². The molecule has 2 aromatic rings. The monoisotopic (exact) mass is 290 g/mol. The van der Waals surface area contributed by atoms with Crippen molar-refractivity contribution >= 4 is 11.9 Å². The molecule has 2 aromatic carbocycles. The van der Waals surface area contributed by atoms with E-state index >= 15 is 0 Å². The summed E-state index contributed by atoms with van der Waals surface area (Å²) in [5.74, 6) is 0.841. The minimum absolute atomic E-state index is 0.107. The summed E-state index contributed by atoms with van der Waals surface area (Å²) in [5.41, 5.74) is 5.23. The predicted molar refractivity (Wildman–Crippen MR) is 87.4 cm³/mol. The van der Waals surface area contributed by atoms with Crippen molar-refractivity contribution in [1.82, 2.24) is 0 Å². The Balaban J connectivity index is 2.05. The fourth-order valence-corrected chi connectivity index (χ4v) is 4.27.